The zero-order valence-corrected chi connectivity index (χ0v) is 14.3. The maximum absolute atomic E-state index is 9.42. The third-order valence-corrected chi connectivity index (χ3v) is 4.81. The molecule has 0 aliphatic rings. The summed E-state index contributed by atoms with van der Waals surface area (Å²) in [6.45, 7) is 4.15. The molecule has 0 bridgehead atoms. The molecule has 0 N–H and O–H groups in total. The molecule has 1 aromatic carbocycles. The van der Waals surface area contributed by atoms with Gasteiger partial charge in [0.25, 0.3) is 0 Å². The van der Waals surface area contributed by atoms with Gasteiger partial charge in [-0.1, -0.05) is 37.6 Å². The van der Waals surface area contributed by atoms with E-state index in [1.165, 1.54) is 0 Å². The van der Waals surface area contributed by atoms with Crippen LogP contribution in [-0.4, -0.2) is 16.5 Å². The van der Waals surface area contributed by atoms with Crippen LogP contribution in [0.4, 0.5) is 0 Å². The molecule has 5 heteroatoms. The van der Waals surface area contributed by atoms with E-state index in [2.05, 4.69) is 24.9 Å². The average Bonchev–Trinajstić information content (AvgIpc) is 2.48. The highest BCUT2D eigenvalue weighted by atomic mass is 35.5. The third kappa shape index (κ3) is 3.94. The molecule has 2 rings (SSSR count). The van der Waals surface area contributed by atoms with Crippen molar-refractivity contribution in [2.75, 3.05) is 11.5 Å². The highest BCUT2D eigenvalue weighted by Crippen LogP contribution is 2.33. The van der Waals surface area contributed by atoms with Gasteiger partial charge in [0, 0.05) is 15.5 Å². The van der Waals surface area contributed by atoms with Crippen LogP contribution >= 0.6 is 35.1 Å². The summed E-state index contributed by atoms with van der Waals surface area (Å²) in [6.07, 6.45) is 0. The summed E-state index contributed by atoms with van der Waals surface area (Å²) in [5.41, 5.74) is 2.59. The fourth-order valence-electron chi connectivity index (χ4n) is 1.88. The molecule has 0 aliphatic carbocycles. The standard InChI is InChI=1S/C16H15ClN2S2/c1-3-20-15-9-14(11-5-7-12(17)8-6-11)19-16(21-4-2)13(15)10-18/h5-9H,3-4H2,1-2H3. The van der Waals surface area contributed by atoms with Crippen LogP contribution in [0.1, 0.15) is 19.4 Å². The molecular formula is C16H15ClN2S2. The molecule has 108 valence electrons. The van der Waals surface area contributed by atoms with E-state index in [1.807, 2.05) is 30.3 Å². The summed E-state index contributed by atoms with van der Waals surface area (Å²) in [7, 11) is 0. The summed E-state index contributed by atoms with van der Waals surface area (Å²) in [5, 5.41) is 10.9. The highest BCUT2D eigenvalue weighted by Gasteiger charge is 2.13. The van der Waals surface area contributed by atoms with Crippen molar-refractivity contribution in [1.29, 1.82) is 5.26 Å². The van der Waals surface area contributed by atoms with Gasteiger partial charge >= 0.3 is 0 Å². The van der Waals surface area contributed by atoms with Gasteiger partial charge in [0.05, 0.1) is 11.3 Å². The molecule has 0 atom stereocenters. The van der Waals surface area contributed by atoms with Crippen LogP contribution in [0.5, 0.6) is 0 Å². The molecule has 0 aliphatic heterocycles. The number of benzene rings is 1. The summed E-state index contributed by atoms with van der Waals surface area (Å²) in [5.74, 6) is 1.82. The Balaban J connectivity index is 2.56. The van der Waals surface area contributed by atoms with Gasteiger partial charge in [-0.3, -0.25) is 0 Å². The lowest BCUT2D eigenvalue weighted by Gasteiger charge is -2.10. The monoisotopic (exact) mass is 334 g/mol. The van der Waals surface area contributed by atoms with E-state index in [1.54, 1.807) is 23.5 Å². The number of halogens is 1. The smallest absolute Gasteiger partial charge is 0.116 e. The number of thioether (sulfide) groups is 2. The lowest BCUT2D eigenvalue weighted by atomic mass is 10.1. The van der Waals surface area contributed by atoms with E-state index < -0.39 is 0 Å². The number of hydrogen-bond acceptors (Lipinski definition) is 4. The topological polar surface area (TPSA) is 36.7 Å². The molecule has 1 heterocycles. The van der Waals surface area contributed by atoms with Crippen molar-refractivity contribution in [3.63, 3.8) is 0 Å². The molecule has 0 saturated heterocycles. The van der Waals surface area contributed by atoms with Gasteiger partial charge in [0.15, 0.2) is 0 Å². The lowest BCUT2D eigenvalue weighted by Crippen LogP contribution is -1.95. The molecule has 21 heavy (non-hydrogen) atoms. The van der Waals surface area contributed by atoms with Crippen molar-refractivity contribution in [3.8, 4) is 17.3 Å². The van der Waals surface area contributed by atoms with Crippen LogP contribution in [0.15, 0.2) is 40.3 Å². The normalized spacial score (nSPS) is 10.4. The minimum absolute atomic E-state index is 0.686. The number of nitrogens with zero attached hydrogens (tertiary/aromatic N) is 2. The van der Waals surface area contributed by atoms with Crippen LogP contribution in [0.2, 0.25) is 5.02 Å². The molecule has 0 fully saturated rings. The predicted octanol–water partition coefficient (Wildman–Crippen LogP) is 5.50. The fourth-order valence-corrected chi connectivity index (χ4v) is 3.60. The van der Waals surface area contributed by atoms with Gasteiger partial charge in [-0.15, -0.1) is 23.5 Å². The molecule has 2 aromatic rings. The van der Waals surface area contributed by atoms with Crippen LogP contribution < -0.4 is 0 Å². The second kappa shape index (κ2) is 7.74. The van der Waals surface area contributed by atoms with Crippen molar-refractivity contribution in [2.24, 2.45) is 0 Å². The first-order valence-corrected chi connectivity index (χ1v) is 9.01. The Hall–Kier alpha value is -1.15. The molecule has 0 spiro atoms. The number of pyridine rings is 1. The first-order chi connectivity index (χ1) is 10.2. The largest absolute Gasteiger partial charge is 0.240 e. The predicted molar refractivity (Wildman–Crippen MR) is 92.2 cm³/mol. The summed E-state index contributed by atoms with van der Waals surface area (Å²) < 4.78 is 0. The van der Waals surface area contributed by atoms with Crippen molar-refractivity contribution in [2.45, 2.75) is 23.8 Å². The number of rotatable bonds is 5. The quantitative estimate of drug-likeness (QED) is 0.677. The first-order valence-electron chi connectivity index (χ1n) is 6.66. The zero-order chi connectivity index (χ0) is 15.2. The third-order valence-electron chi connectivity index (χ3n) is 2.78. The van der Waals surface area contributed by atoms with Gasteiger partial charge in [-0.25, -0.2) is 4.98 Å². The summed E-state index contributed by atoms with van der Waals surface area (Å²) in [6, 6.07) is 11.9. The van der Waals surface area contributed by atoms with Gasteiger partial charge < -0.3 is 0 Å². The Labute approximate surface area is 138 Å². The average molecular weight is 335 g/mol. The highest BCUT2D eigenvalue weighted by molar-refractivity contribution is 8.00. The van der Waals surface area contributed by atoms with Gasteiger partial charge in [0.2, 0.25) is 0 Å². The summed E-state index contributed by atoms with van der Waals surface area (Å²) >= 11 is 9.22. The van der Waals surface area contributed by atoms with Crippen molar-refractivity contribution in [3.05, 3.63) is 40.9 Å². The minimum atomic E-state index is 0.686. The number of nitriles is 1. The van der Waals surface area contributed by atoms with E-state index in [9.17, 15) is 5.26 Å². The molecule has 2 nitrogen and oxygen atoms in total. The van der Waals surface area contributed by atoms with Gasteiger partial charge in [-0.05, 0) is 29.7 Å². The van der Waals surface area contributed by atoms with Crippen LogP contribution in [0.25, 0.3) is 11.3 Å². The second-order valence-electron chi connectivity index (χ2n) is 4.17. The van der Waals surface area contributed by atoms with Gasteiger partial charge in [-0.2, -0.15) is 5.26 Å². The Morgan fingerprint density at radius 3 is 2.38 bits per heavy atom. The van der Waals surface area contributed by atoms with Crippen LogP contribution in [0, 0.1) is 11.3 Å². The van der Waals surface area contributed by atoms with E-state index in [4.69, 9.17) is 11.6 Å². The maximum atomic E-state index is 9.42. The maximum Gasteiger partial charge on any atom is 0.116 e. The van der Waals surface area contributed by atoms with Crippen molar-refractivity contribution < 1.29 is 0 Å². The molecule has 0 amide bonds. The Bertz CT molecular complexity index is 636. The number of hydrogen-bond donors (Lipinski definition) is 0. The molecule has 1 aromatic heterocycles. The van der Waals surface area contributed by atoms with Gasteiger partial charge in [0.1, 0.15) is 11.1 Å². The van der Waals surface area contributed by atoms with Crippen molar-refractivity contribution >= 4 is 35.1 Å². The van der Waals surface area contributed by atoms with Crippen molar-refractivity contribution in [1.82, 2.24) is 4.98 Å². The zero-order valence-electron chi connectivity index (χ0n) is 11.9. The Morgan fingerprint density at radius 1 is 1.14 bits per heavy atom. The molecule has 0 saturated carbocycles. The number of aromatic nitrogens is 1. The molecular weight excluding hydrogens is 320 g/mol. The SMILES string of the molecule is CCSc1cc(-c2ccc(Cl)cc2)nc(SCC)c1C#N. The van der Waals surface area contributed by atoms with E-state index in [0.717, 1.165) is 32.7 Å². The fraction of sp³-hybridized carbons (Fsp3) is 0.250. The Morgan fingerprint density at radius 2 is 1.81 bits per heavy atom. The van der Waals surface area contributed by atoms with Crippen LogP contribution in [-0.2, 0) is 0 Å². The minimum Gasteiger partial charge on any atom is -0.240 e. The lowest BCUT2D eigenvalue weighted by molar-refractivity contribution is 1.07. The summed E-state index contributed by atoms with van der Waals surface area (Å²) in [4.78, 5) is 5.66. The van der Waals surface area contributed by atoms with E-state index in [0.29, 0.717) is 10.6 Å². The molecule has 0 radical (unpaired) electrons. The Kier molecular flexibility index (Phi) is 5.98. The second-order valence-corrected chi connectivity index (χ2v) is 7.17. The van der Waals surface area contributed by atoms with E-state index in [-0.39, 0.29) is 0 Å². The van der Waals surface area contributed by atoms with E-state index >= 15 is 0 Å². The first kappa shape index (κ1) is 16.2. The molecule has 0 unspecified atom stereocenters. The van der Waals surface area contributed by atoms with Crippen LogP contribution in [0.3, 0.4) is 0 Å².